The molecule has 6 heteroatoms. The minimum atomic E-state index is -0.353. The van der Waals surface area contributed by atoms with Crippen molar-refractivity contribution < 1.29 is 19.0 Å². The van der Waals surface area contributed by atoms with Gasteiger partial charge in [0, 0.05) is 18.9 Å². The summed E-state index contributed by atoms with van der Waals surface area (Å²) in [5, 5.41) is 3.24. The number of carbonyl (C=O) groups excluding carboxylic acids is 1. The molecule has 31 heavy (non-hydrogen) atoms. The fourth-order valence-electron chi connectivity index (χ4n) is 5.19. The number of carbonyl (C=O) groups is 1. The van der Waals surface area contributed by atoms with E-state index >= 15 is 0 Å². The second kappa shape index (κ2) is 10.8. The molecule has 1 spiro atoms. The van der Waals surface area contributed by atoms with Crippen LogP contribution in [-0.4, -0.2) is 62.1 Å². The molecule has 1 N–H and O–H groups in total. The summed E-state index contributed by atoms with van der Waals surface area (Å²) in [5.74, 6) is 1.52. The standard InChI is InChI=1S/C25H38N2O4/c1-2-29-23-7-5-20(6-8-23)3-4-21-11-15-27(16-12-21)19-24(28)26-22-9-13-25(14-10-22)30-17-18-31-25/h5-8,21-22H,2-4,9-19H2,1H3,(H,26,28). The van der Waals surface area contributed by atoms with Crippen LogP contribution in [0.1, 0.15) is 57.4 Å². The van der Waals surface area contributed by atoms with Crippen LogP contribution in [0.25, 0.3) is 0 Å². The van der Waals surface area contributed by atoms with Crippen LogP contribution in [0.2, 0.25) is 0 Å². The van der Waals surface area contributed by atoms with Gasteiger partial charge in [0.15, 0.2) is 5.79 Å². The molecule has 3 aliphatic rings. The maximum Gasteiger partial charge on any atom is 0.234 e. The Balaban J connectivity index is 1.10. The van der Waals surface area contributed by atoms with Gasteiger partial charge in [0.25, 0.3) is 0 Å². The van der Waals surface area contributed by atoms with Gasteiger partial charge in [-0.1, -0.05) is 12.1 Å². The Bertz CT molecular complexity index is 684. The molecular formula is C25H38N2O4. The van der Waals surface area contributed by atoms with E-state index in [-0.39, 0.29) is 17.7 Å². The van der Waals surface area contributed by atoms with Crippen molar-refractivity contribution in [2.45, 2.75) is 70.1 Å². The zero-order valence-electron chi connectivity index (χ0n) is 18.9. The number of amides is 1. The Labute approximate surface area is 186 Å². The quantitative estimate of drug-likeness (QED) is 0.684. The molecule has 1 aliphatic carbocycles. The largest absolute Gasteiger partial charge is 0.494 e. The lowest BCUT2D eigenvalue weighted by Crippen LogP contribution is -2.47. The van der Waals surface area contributed by atoms with Crippen molar-refractivity contribution in [2.75, 3.05) is 39.5 Å². The van der Waals surface area contributed by atoms with Crippen molar-refractivity contribution >= 4 is 5.91 Å². The van der Waals surface area contributed by atoms with E-state index in [0.717, 1.165) is 56.9 Å². The summed E-state index contributed by atoms with van der Waals surface area (Å²) < 4.78 is 17.1. The topological polar surface area (TPSA) is 60.0 Å². The third-order valence-corrected chi connectivity index (χ3v) is 7.08. The van der Waals surface area contributed by atoms with Crippen LogP contribution in [0.4, 0.5) is 0 Å². The lowest BCUT2D eigenvalue weighted by Gasteiger charge is -2.36. The van der Waals surface area contributed by atoms with Crippen LogP contribution in [0.15, 0.2) is 24.3 Å². The Morgan fingerprint density at radius 1 is 1.10 bits per heavy atom. The zero-order chi connectivity index (χ0) is 21.5. The Morgan fingerprint density at radius 3 is 2.42 bits per heavy atom. The summed E-state index contributed by atoms with van der Waals surface area (Å²) in [4.78, 5) is 14.8. The summed E-state index contributed by atoms with van der Waals surface area (Å²) in [6.07, 6.45) is 8.38. The molecule has 0 aromatic heterocycles. The van der Waals surface area contributed by atoms with E-state index in [9.17, 15) is 4.79 Å². The highest BCUT2D eigenvalue weighted by Gasteiger charge is 2.40. The number of benzene rings is 1. The molecule has 0 atom stereocenters. The first-order valence-electron chi connectivity index (χ1n) is 12.2. The van der Waals surface area contributed by atoms with Crippen LogP contribution < -0.4 is 10.1 Å². The number of nitrogens with one attached hydrogen (secondary N) is 1. The van der Waals surface area contributed by atoms with Crippen LogP contribution in [0.5, 0.6) is 5.75 Å². The molecule has 0 bridgehead atoms. The smallest absolute Gasteiger partial charge is 0.234 e. The molecule has 1 saturated carbocycles. The van der Waals surface area contributed by atoms with Gasteiger partial charge in [0.1, 0.15) is 5.75 Å². The van der Waals surface area contributed by atoms with Gasteiger partial charge in [-0.3, -0.25) is 9.69 Å². The third-order valence-electron chi connectivity index (χ3n) is 7.08. The molecule has 2 saturated heterocycles. The highest BCUT2D eigenvalue weighted by atomic mass is 16.7. The highest BCUT2D eigenvalue weighted by Crippen LogP contribution is 2.35. The fraction of sp³-hybridized carbons (Fsp3) is 0.720. The van der Waals surface area contributed by atoms with Gasteiger partial charge >= 0.3 is 0 Å². The number of hydrogen-bond acceptors (Lipinski definition) is 5. The SMILES string of the molecule is CCOc1ccc(CCC2CCN(CC(=O)NC3CCC4(CC3)OCCO4)CC2)cc1. The van der Waals surface area contributed by atoms with Crippen molar-refractivity contribution in [3.05, 3.63) is 29.8 Å². The normalized spacial score (nSPS) is 22.6. The van der Waals surface area contributed by atoms with Crippen molar-refractivity contribution in [2.24, 2.45) is 5.92 Å². The van der Waals surface area contributed by atoms with Crippen LogP contribution >= 0.6 is 0 Å². The van der Waals surface area contributed by atoms with E-state index in [1.165, 1.54) is 24.8 Å². The molecule has 1 aromatic carbocycles. The van der Waals surface area contributed by atoms with Gasteiger partial charge < -0.3 is 19.5 Å². The average Bonchev–Trinajstić information content (AvgIpc) is 3.24. The Kier molecular flexibility index (Phi) is 7.86. The molecule has 2 aliphatic heterocycles. The van der Waals surface area contributed by atoms with Crippen molar-refractivity contribution in [1.82, 2.24) is 10.2 Å². The van der Waals surface area contributed by atoms with E-state index in [2.05, 4.69) is 34.5 Å². The predicted octanol–water partition coefficient (Wildman–Crippen LogP) is 3.53. The first-order valence-corrected chi connectivity index (χ1v) is 12.2. The van der Waals surface area contributed by atoms with Crippen molar-refractivity contribution in [3.63, 3.8) is 0 Å². The van der Waals surface area contributed by atoms with Gasteiger partial charge in [-0.25, -0.2) is 0 Å². The van der Waals surface area contributed by atoms with Gasteiger partial charge in [-0.2, -0.15) is 0 Å². The lowest BCUT2D eigenvalue weighted by molar-refractivity contribution is -0.180. The molecule has 2 heterocycles. The lowest BCUT2D eigenvalue weighted by atomic mass is 9.89. The van der Waals surface area contributed by atoms with Crippen molar-refractivity contribution in [3.8, 4) is 5.75 Å². The Morgan fingerprint density at radius 2 is 1.77 bits per heavy atom. The number of ether oxygens (including phenoxy) is 3. The number of piperidine rings is 1. The molecule has 0 radical (unpaired) electrons. The molecule has 172 valence electrons. The summed E-state index contributed by atoms with van der Waals surface area (Å²) in [6, 6.07) is 8.77. The molecule has 4 rings (SSSR count). The second-order valence-electron chi connectivity index (χ2n) is 9.28. The summed E-state index contributed by atoms with van der Waals surface area (Å²) in [7, 11) is 0. The maximum absolute atomic E-state index is 12.5. The second-order valence-corrected chi connectivity index (χ2v) is 9.28. The van der Waals surface area contributed by atoms with Crippen LogP contribution in [0, 0.1) is 5.92 Å². The van der Waals surface area contributed by atoms with Crippen molar-refractivity contribution in [1.29, 1.82) is 0 Å². The zero-order valence-corrected chi connectivity index (χ0v) is 18.9. The van der Waals surface area contributed by atoms with Gasteiger partial charge in [0.05, 0.1) is 26.4 Å². The van der Waals surface area contributed by atoms with Gasteiger partial charge in [0.2, 0.25) is 5.91 Å². The van der Waals surface area contributed by atoms with Gasteiger partial charge in [-0.05, 0) is 82.2 Å². The fourth-order valence-corrected chi connectivity index (χ4v) is 5.19. The van der Waals surface area contributed by atoms with Crippen LogP contribution in [0.3, 0.4) is 0 Å². The summed E-state index contributed by atoms with van der Waals surface area (Å²) in [6.45, 7) is 6.70. The number of hydrogen-bond donors (Lipinski definition) is 1. The third kappa shape index (κ3) is 6.43. The first kappa shape index (κ1) is 22.6. The summed E-state index contributed by atoms with van der Waals surface area (Å²) in [5.41, 5.74) is 1.38. The molecule has 6 nitrogen and oxygen atoms in total. The molecule has 1 amide bonds. The minimum Gasteiger partial charge on any atom is -0.494 e. The highest BCUT2D eigenvalue weighted by molar-refractivity contribution is 5.78. The number of rotatable bonds is 8. The molecule has 3 fully saturated rings. The number of likely N-dealkylation sites (tertiary alicyclic amines) is 1. The van der Waals surface area contributed by atoms with E-state index < -0.39 is 0 Å². The van der Waals surface area contributed by atoms with E-state index in [1.54, 1.807) is 0 Å². The van der Waals surface area contributed by atoms with Gasteiger partial charge in [-0.15, -0.1) is 0 Å². The van der Waals surface area contributed by atoms with E-state index in [4.69, 9.17) is 14.2 Å². The minimum absolute atomic E-state index is 0.169. The van der Waals surface area contributed by atoms with E-state index in [0.29, 0.717) is 26.4 Å². The first-order chi connectivity index (χ1) is 15.1. The van der Waals surface area contributed by atoms with E-state index in [1.807, 2.05) is 6.92 Å². The van der Waals surface area contributed by atoms with Crippen LogP contribution in [-0.2, 0) is 20.7 Å². The summed E-state index contributed by atoms with van der Waals surface area (Å²) >= 11 is 0. The number of nitrogens with zero attached hydrogens (tertiary/aromatic N) is 1. The maximum atomic E-state index is 12.5. The molecular weight excluding hydrogens is 392 g/mol. The molecule has 1 aromatic rings. The average molecular weight is 431 g/mol. The molecule has 0 unspecified atom stereocenters. The predicted molar refractivity (Wildman–Crippen MR) is 120 cm³/mol. The number of aryl methyl sites for hydroxylation is 1. The monoisotopic (exact) mass is 430 g/mol. The Hall–Kier alpha value is -1.63.